The van der Waals surface area contributed by atoms with Gasteiger partial charge in [-0.05, 0) is 70.4 Å². The lowest BCUT2D eigenvalue weighted by molar-refractivity contribution is -0.0173. The smallest absolute Gasteiger partial charge is 0.410 e. The second-order valence-electron chi connectivity index (χ2n) is 12.2. The second-order valence-corrected chi connectivity index (χ2v) is 12.2. The Labute approximate surface area is 244 Å². The summed E-state index contributed by atoms with van der Waals surface area (Å²) in [5.74, 6) is 1.77. The number of H-pyrrole nitrogens is 1. The van der Waals surface area contributed by atoms with Crippen molar-refractivity contribution in [2.75, 3.05) is 26.2 Å². The van der Waals surface area contributed by atoms with Crippen LogP contribution < -0.4 is 10.1 Å². The molecular formula is C31H37N5O6. The summed E-state index contributed by atoms with van der Waals surface area (Å²) in [6, 6.07) is 7.70. The summed E-state index contributed by atoms with van der Waals surface area (Å²) in [7, 11) is 0. The largest absolute Gasteiger partial charge is 0.493 e. The monoisotopic (exact) mass is 575 g/mol. The highest BCUT2D eigenvalue weighted by Gasteiger charge is 2.30. The first-order valence-electron chi connectivity index (χ1n) is 14.6. The Morgan fingerprint density at radius 3 is 2.83 bits per heavy atom. The van der Waals surface area contributed by atoms with Crippen LogP contribution in [-0.2, 0) is 14.2 Å². The van der Waals surface area contributed by atoms with Crippen LogP contribution in [-0.4, -0.2) is 63.7 Å². The van der Waals surface area contributed by atoms with Crippen LogP contribution >= 0.6 is 0 Å². The molecule has 1 aliphatic carbocycles. The molecule has 4 heterocycles. The third-order valence-corrected chi connectivity index (χ3v) is 7.51. The van der Waals surface area contributed by atoms with Crippen LogP contribution in [0.3, 0.4) is 0 Å². The van der Waals surface area contributed by atoms with E-state index in [-0.39, 0.29) is 17.9 Å². The molecule has 2 fully saturated rings. The van der Waals surface area contributed by atoms with E-state index in [1.54, 1.807) is 11.1 Å². The minimum absolute atomic E-state index is 0.134. The molecule has 1 aromatic carbocycles. The van der Waals surface area contributed by atoms with Crippen LogP contribution in [0.2, 0.25) is 0 Å². The summed E-state index contributed by atoms with van der Waals surface area (Å²) in [4.78, 5) is 39.3. The summed E-state index contributed by atoms with van der Waals surface area (Å²) >= 11 is 0. The van der Waals surface area contributed by atoms with Gasteiger partial charge in [0.2, 0.25) is 0 Å². The molecule has 1 saturated carbocycles. The maximum atomic E-state index is 13.2. The van der Waals surface area contributed by atoms with Crippen LogP contribution in [0.4, 0.5) is 4.79 Å². The van der Waals surface area contributed by atoms with Gasteiger partial charge in [0.05, 0.1) is 17.7 Å². The first-order valence-corrected chi connectivity index (χ1v) is 14.6. The van der Waals surface area contributed by atoms with Gasteiger partial charge < -0.3 is 34.1 Å². The van der Waals surface area contributed by atoms with Gasteiger partial charge in [-0.1, -0.05) is 12.1 Å². The van der Waals surface area contributed by atoms with E-state index in [1.165, 1.54) is 25.4 Å². The minimum Gasteiger partial charge on any atom is -0.493 e. The number of benzene rings is 1. The molecule has 2 unspecified atom stereocenters. The van der Waals surface area contributed by atoms with Gasteiger partial charge in [-0.2, -0.15) is 0 Å². The summed E-state index contributed by atoms with van der Waals surface area (Å²) in [6.07, 6.45) is 7.85. The van der Waals surface area contributed by atoms with Gasteiger partial charge >= 0.3 is 6.09 Å². The predicted molar refractivity (Wildman–Crippen MR) is 154 cm³/mol. The Bertz CT molecular complexity index is 1490. The third kappa shape index (κ3) is 6.45. The standard InChI is InChI=1S/C31H37N5O6/c1-31(2,3)42-30(38)36-11-5-6-20(15-36)13-33-28(37)23-14-32-27-25(23)34-18-35-26(27)24-17-40-29(41-24)21-7-4-8-22(12-21)39-16-19-9-10-19/h4,7-8,12,14,17-20,29,32H,5-6,9-11,13,15-16H2,1-3H3,(H,33,37). The SMILES string of the molecule is CC(C)(C)OC(=O)N1CCCC(CNC(=O)c2c[nH]c3c(C4=COC(c5cccc(OCC6CC6)c5)O4)ncnc23)C1. The van der Waals surface area contributed by atoms with E-state index in [0.717, 1.165) is 30.8 Å². The Morgan fingerprint density at radius 2 is 2.02 bits per heavy atom. The van der Waals surface area contributed by atoms with Crippen molar-refractivity contribution in [3.05, 3.63) is 59.9 Å². The maximum Gasteiger partial charge on any atom is 0.410 e. The number of fused-ring (bicyclic) bond motifs is 1. The molecule has 1 saturated heterocycles. The maximum absolute atomic E-state index is 13.2. The Balaban J connectivity index is 1.08. The molecule has 6 rings (SSSR count). The van der Waals surface area contributed by atoms with E-state index < -0.39 is 11.9 Å². The first-order chi connectivity index (χ1) is 20.2. The van der Waals surface area contributed by atoms with Crippen LogP contribution in [0.25, 0.3) is 16.8 Å². The molecule has 11 nitrogen and oxygen atoms in total. The Kier molecular flexibility index (Phi) is 7.66. The van der Waals surface area contributed by atoms with E-state index in [0.29, 0.717) is 53.6 Å². The number of hydrogen-bond donors (Lipinski definition) is 2. The number of rotatable bonds is 8. The molecule has 42 heavy (non-hydrogen) atoms. The van der Waals surface area contributed by atoms with Gasteiger partial charge in [0.15, 0.2) is 5.76 Å². The number of nitrogens with one attached hydrogen (secondary N) is 2. The molecule has 0 spiro atoms. The van der Waals surface area contributed by atoms with Gasteiger partial charge in [0.25, 0.3) is 12.2 Å². The van der Waals surface area contributed by atoms with Crippen molar-refractivity contribution >= 4 is 28.8 Å². The molecule has 0 bridgehead atoms. The summed E-state index contributed by atoms with van der Waals surface area (Å²) in [6.45, 7) is 7.93. The van der Waals surface area contributed by atoms with Crippen molar-refractivity contribution in [1.29, 1.82) is 0 Å². The summed E-state index contributed by atoms with van der Waals surface area (Å²) in [5, 5.41) is 3.02. The zero-order valence-electron chi connectivity index (χ0n) is 24.2. The Morgan fingerprint density at radius 1 is 1.17 bits per heavy atom. The molecule has 0 radical (unpaired) electrons. The predicted octanol–water partition coefficient (Wildman–Crippen LogP) is 5.17. The van der Waals surface area contributed by atoms with Crippen molar-refractivity contribution in [2.45, 2.75) is 58.3 Å². The molecule has 11 heteroatoms. The second kappa shape index (κ2) is 11.5. The van der Waals surface area contributed by atoms with E-state index in [4.69, 9.17) is 18.9 Å². The molecule has 2 atom stereocenters. The molecule has 2 aromatic heterocycles. The van der Waals surface area contributed by atoms with Gasteiger partial charge in [-0.25, -0.2) is 14.8 Å². The van der Waals surface area contributed by atoms with Gasteiger partial charge in [0.1, 0.15) is 35.2 Å². The Hall–Kier alpha value is -4.28. The average molecular weight is 576 g/mol. The van der Waals surface area contributed by atoms with Gasteiger partial charge in [-0.3, -0.25) is 4.79 Å². The number of ether oxygens (including phenoxy) is 4. The third-order valence-electron chi connectivity index (χ3n) is 7.51. The molecule has 2 N–H and O–H groups in total. The molecule has 3 aromatic rings. The number of likely N-dealkylation sites (tertiary alicyclic amines) is 1. The first kappa shape index (κ1) is 27.9. The zero-order valence-corrected chi connectivity index (χ0v) is 24.2. The number of amides is 2. The number of piperidine rings is 1. The number of carbonyl (C=O) groups excluding carboxylic acids is 2. The topological polar surface area (TPSA) is 128 Å². The van der Waals surface area contributed by atoms with E-state index in [1.807, 2.05) is 45.0 Å². The lowest BCUT2D eigenvalue weighted by Gasteiger charge is -2.34. The zero-order chi connectivity index (χ0) is 29.3. The van der Waals surface area contributed by atoms with Crippen LogP contribution in [0, 0.1) is 11.8 Å². The number of nitrogens with zero attached hydrogens (tertiary/aromatic N) is 3. The molecular weight excluding hydrogens is 538 g/mol. The van der Waals surface area contributed by atoms with Gasteiger partial charge in [-0.15, -0.1) is 0 Å². The van der Waals surface area contributed by atoms with Crippen LogP contribution in [0.1, 0.15) is 74.4 Å². The summed E-state index contributed by atoms with van der Waals surface area (Å²) < 4.78 is 23.4. The number of carbonyl (C=O) groups is 2. The molecule has 2 aliphatic heterocycles. The highest BCUT2D eigenvalue weighted by molar-refractivity contribution is 6.06. The average Bonchev–Trinajstić information content (AvgIpc) is 3.49. The molecule has 222 valence electrons. The number of aromatic amines is 1. The van der Waals surface area contributed by atoms with Crippen molar-refractivity contribution in [1.82, 2.24) is 25.2 Å². The summed E-state index contributed by atoms with van der Waals surface area (Å²) in [5.41, 5.74) is 2.26. The normalized spacial score (nSPS) is 20.5. The van der Waals surface area contributed by atoms with Crippen molar-refractivity contribution in [2.24, 2.45) is 11.8 Å². The van der Waals surface area contributed by atoms with Crippen LogP contribution in [0.15, 0.2) is 43.1 Å². The van der Waals surface area contributed by atoms with E-state index in [2.05, 4.69) is 20.3 Å². The quantitative estimate of drug-likeness (QED) is 0.377. The fraction of sp³-hybridized carbons (Fsp3) is 0.484. The lowest BCUT2D eigenvalue weighted by Crippen LogP contribution is -2.45. The minimum atomic E-state index is -0.636. The number of aromatic nitrogens is 3. The van der Waals surface area contributed by atoms with E-state index >= 15 is 0 Å². The van der Waals surface area contributed by atoms with Crippen molar-refractivity contribution in [3.63, 3.8) is 0 Å². The van der Waals surface area contributed by atoms with Crippen molar-refractivity contribution < 1.29 is 28.5 Å². The lowest BCUT2D eigenvalue weighted by atomic mass is 9.98. The van der Waals surface area contributed by atoms with Crippen LogP contribution in [0.5, 0.6) is 5.75 Å². The fourth-order valence-electron chi connectivity index (χ4n) is 5.16. The van der Waals surface area contributed by atoms with Crippen molar-refractivity contribution in [3.8, 4) is 5.75 Å². The molecule has 3 aliphatic rings. The fourth-order valence-corrected chi connectivity index (χ4v) is 5.16. The highest BCUT2D eigenvalue weighted by atomic mass is 16.7. The molecule has 2 amide bonds. The highest BCUT2D eigenvalue weighted by Crippen LogP contribution is 2.36. The number of hydrogen-bond acceptors (Lipinski definition) is 8. The van der Waals surface area contributed by atoms with Gasteiger partial charge in [0, 0.05) is 31.4 Å². The van der Waals surface area contributed by atoms with E-state index in [9.17, 15) is 9.59 Å².